The summed E-state index contributed by atoms with van der Waals surface area (Å²) in [5, 5.41) is 10.6. The van der Waals surface area contributed by atoms with Crippen molar-refractivity contribution in [3.8, 4) is 5.75 Å². The molecule has 0 aliphatic carbocycles. The molecule has 1 atom stereocenters. The van der Waals surface area contributed by atoms with E-state index in [1.165, 1.54) is 24.1 Å². The number of fused-ring (bicyclic) bond motifs is 2. The van der Waals surface area contributed by atoms with Crippen LogP contribution >= 0.6 is 0 Å². The average Bonchev–Trinajstić information content (AvgIpc) is 3.40. The highest BCUT2D eigenvalue weighted by molar-refractivity contribution is 7.89. The van der Waals surface area contributed by atoms with Gasteiger partial charge in [-0.05, 0) is 42.3 Å². The van der Waals surface area contributed by atoms with Crippen molar-refractivity contribution >= 4 is 38.8 Å². The fourth-order valence-corrected chi connectivity index (χ4v) is 5.21. The van der Waals surface area contributed by atoms with E-state index in [-0.39, 0.29) is 35.2 Å². The number of nitrogens with zero attached hydrogens (tertiary/aromatic N) is 1. The summed E-state index contributed by atoms with van der Waals surface area (Å²) in [6.07, 6.45) is 0. The molecule has 34 heavy (non-hydrogen) atoms. The predicted octanol–water partition coefficient (Wildman–Crippen LogP) is 1.09. The van der Waals surface area contributed by atoms with E-state index < -0.39 is 27.5 Å². The van der Waals surface area contributed by atoms with Gasteiger partial charge in [-0.2, -0.15) is 0 Å². The molecule has 11 nitrogen and oxygen atoms in total. The van der Waals surface area contributed by atoms with E-state index >= 15 is 0 Å². The molecule has 5 rings (SSSR count). The SMILES string of the molecule is COc1ccc2c(c1)C(=O)N(CC1(c3cc4cc(C)c(S(N)(=O)=O)cc4o3)NC(=O)NC1=O)C2. The monoisotopic (exact) mass is 484 g/mol. The summed E-state index contributed by atoms with van der Waals surface area (Å²) >= 11 is 0. The van der Waals surface area contributed by atoms with Gasteiger partial charge in [0.05, 0.1) is 18.6 Å². The van der Waals surface area contributed by atoms with E-state index in [1.54, 1.807) is 31.2 Å². The number of carbonyl (C=O) groups excluding carboxylic acids is 3. The largest absolute Gasteiger partial charge is 0.497 e. The smallest absolute Gasteiger partial charge is 0.322 e. The van der Waals surface area contributed by atoms with E-state index in [1.807, 2.05) is 0 Å². The summed E-state index contributed by atoms with van der Waals surface area (Å²) in [6, 6.07) is 8.76. The summed E-state index contributed by atoms with van der Waals surface area (Å²) in [6.45, 7) is 1.60. The molecular formula is C22H20N4O7S. The fraction of sp³-hybridized carbons (Fsp3) is 0.227. The van der Waals surface area contributed by atoms with Gasteiger partial charge in [-0.25, -0.2) is 18.4 Å². The molecule has 0 spiro atoms. The second-order valence-corrected chi connectivity index (χ2v) is 9.84. The summed E-state index contributed by atoms with van der Waals surface area (Å²) in [4.78, 5) is 39.6. The molecule has 176 valence electrons. The van der Waals surface area contributed by atoms with Gasteiger partial charge < -0.3 is 19.4 Å². The van der Waals surface area contributed by atoms with Crippen LogP contribution in [0.2, 0.25) is 0 Å². The molecule has 0 saturated carbocycles. The number of amides is 4. The Labute approximate surface area is 193 Å². The Morgan fingerprint density at radius 3 is 2.59 bits per heavy atom. The maximum atomic E-state index is 13.1. The summed E-state index contributed by atoms with van der Waals surface area (Å²) in [5.41, 5.74) is 0.0446. The number of hydrogen-bond donors (Lipinski definition) is 3. The molecule has 2 aromatic carbocycles. The predicted molar refractivity (Wildman–Crippen MR) is 118 cm³/mol. The highest BCUT2D eigenvalue weighted by atomic mass is 32.2. The first-order valence-electron chi connectivity index (χ1n) is 10.2. The molecule has 4 N–H and O–H groups in total. The van der Waals surface area contributed by atoms with Crippen LogP contribution in [-0.4, -0.2) is 44.8 Å². The van der Waals surface area contributed by atoms with E-state index in [4.69, 9.17) is 14.3 Å². The standard InChI is InChI=1S/C22H20N4O7S/c1-11-5-13-6-18(33-16(13)8-17(11)34(23,30)31)22(20(28)24-21(29)25-22)10-26-9-12-3-4-14(32-2)7-15(12)19(26)27/h3-8H,9-10H2,1-2H3,(H2,23,30,31)(H2,24,25,28,29). The fourth-order valence-electron chi connectivity index (χ4n) is 4.43. The van der Waals surface area contributed by atoms with Gasteiger partial charge >= 0.3 is 6.03 Å². The van der Waals surface area contributed by atoms with Crippen LogP contribution in [0.5, 0.6) is 5.75 Å². The third-order valence-corrected chi connectivity index (χ3v) is 7.16. The number of urea groups is 1. The van der Waals surface area contributed by atoms with E-state index in [9.17, 15) is 22.8 Å². The highest BCUT2D eigenvalue weighted by Crippen LogP contribution is 2.36. The summed E-state index contributed by atoms with van der Waals surface area (Å²) in [7, 11) is -2.51. The molecular weight excluding hydrogens is 464 g/mol. The molecule has 12 heteroatoms. The number of hydrogen-bond acceptors (Lipinski definition) is 7. The Morgan fingerprint density at radius 1 is 1.18 bits per heavy atom. The van der Waals surface area contributed by atoms with Crippen LogP contribution in [0.1, 0.15) is 27.2 Å². The number of rotatable bonds is 5. The summed E-state index contributed by atoms with van der Waals surface area (Å²) < 4.78 is 34.9. The van der Waals surface area contributed by atoms with Gasteiger partial charge in [-0.15, -0.1) is 0 Å². The molecule has 2 aliphatic heterocycles. The van der Waals surface area contributed by atoms with Crippen LogP contribution in [0.15, 0.2) is 45.7 Å². The average molecular weight is 484 g/mol. The van der Waals surface area contributed by atoms with Crippen molar-refractivity contribution in [2.75, 3.05) is 13.7 Å². The number of nitrogens with one attached hydrogen (secondary N) is 2. The zero-order chi connectivity index (χ0) is 24.4. The molecule has 2 aliphatic rings. The van der Waals surface area contributed by atoms with Gasteiger partial charge in [-0.3, -0.25) is 14.9 Å². The molecule has 3 heterocycles. The quantitative estimate of drug-likeness (QED) is 0.457. The van der Waals surface area contributed by atoms with Crippen LogP contribution in [0.25, 0.3) is 11.0 Å². The molecule has 1 aromatic heterocycles. The Bertz CT molecular complexity index is 1510. The lowest BCUT2D eigenvalue weighted by Gasteiger charge is -2.29. The van der Waals surface area contributed by atoms with Crippen molar-refractivity contribution in [3.05, 3.63) is 58.8 Å². The van der Waals surface area contributed by atoms with Gasteiger partial charge in [0.25, 0.3) is 11.8 Å². The third kappa shape index (κ3) is 3.30. The molecule has 4 amide bonds. The summed E-state index contributed by atoms with van der Waals surface area (Å²) in [5.74, 6) is -0.445. The Kier molecular flexibility index (Phi) is 4.71. The zero-order valence-corrected chi connectivity index (χ0v) is 19.0. The van der Waals surface area contributed by atoms with E-state index in [0.29, 0.717) is 22.3 Å². The number of sulfonamides is 1. The van der Waals surface area contributed by atoms with Crippen LogP contribution in [-0.2, 0) is 26.9 Å². The second-order valence-electron chi connectivity index (χ2n) is 8.31. The lowest BCUT2D eigenvalue weighted by atomic mass is 9.95. The number of aryl methyl sites for hydroxylation is 1. The van der Waals surface area contributed by atoms with Crippen molar-refractivity contribution in [2.45, 2.75) is 23.9 Å². The number of nitrogens with two attached hydrogens (primary N) is 1. The van der Waals surface area contributed by atoms with Crippen molar-refractivity contribution in [3.63, 3.8) is 0 Å². The first-order chi connectivity index (χ1) is 16.0. The molecule has 3 aromatic rings. The minimum Gasteiger partial charge on any atom is -0.497 e. The van der Waals surface area contributed by atoms with E-state index in [2.05, 4.69) is 10.6 Å². The number of furan rings is 1. The van der Waals surface area contributed by atoms with Gasteiger partial charge in [0, 0.05) is 23.6 Å². The Morgan fingerprint density at radius 2 is 1.94 bits per heavy atom. The highest BCUT2D eigenvalue weighted by Gasteiger charge is 2.53. The first kappa shape index (κ1) is 21.9. The Balaban J connectivity index is 1.58. The van der Waals surface area contributed by atoms with Crippen molar-refractivity contribution in [2.24, 2.45) is 5.14 Å². The zero-order valence-electron chi connectivity index (χ0n) is 18.2. The van der Waals surface area contributed by atoms with Gasteiger partial charge in [-0.1, -0.05) is 6.07 Å². The van der Waals surface area contributed by atoms with Gasteiger partial charge in [0.15, 0.2) is 5.54 Å². The molecule has 1 unspecified atom stereocenters. The number of benzene rings is 2. The number of methoxy groups -OCH3 is 1. The van der Waals surface area contributed by atoms with Gasteiger partial charge in [0.2, 0.25) is 10.0 Å². The maximum Gasteiger partial charge on any atom is 0.322 e. The Hall–Kier alpha value is -3.90. The van der Waals surface area contributed by atoms with Gasteiger partial charge in [0.1, 0.15) is 17.1 Å². The minimum atomic E-state index is -4.00. The number of imide groups is 1. The van der Waals surface area contributed by atoms with Crippen molar-refractivity contribution in [1.29, 1.82) is 0 Å². The van der Waals surface area contributed by atoms with Crippen LogP contribution in [0.4, 0.5) is 4.79 Å². The maximum absolute atomic E-state index is 13.1. The molecule has 1 fully saturated rings. The van der Waals surface area contributed by atoms with E-state index in [0.717, 1.165) is 5.56 Å². The van der Waals surface area contributed by atoms with Crippen LogP contribution in [0, 0.1) is 6.92 Å². The molecule has 0 bridgehead atoms. The van der Waals surface area contributed by atoms with Crippen molar-refractivity contribution in [1.82, 2.24) is 15.5 Å². The minimum absolute atomic E-state index is 0.0538. The second kappa shape index (κ2) is 7.30. The van der Waals surface area contributed by atoms with Crippen LogP contribution < -0.4 is 20.5 Å². The lowest BCUT2D eigenvalue weighted by Crippen LogP contribution is -2.52. The topological polar surface area (TPSA) is 161 Å². The molecule has 1 saturated heterocycles. The molecule has 0 radical (unpaired) electrons. The normalized spacial score (nSPS) is 20.0. The van der Waals surface area contributed by atoms with Crippen molar-refractivity contribution < 1.29 is 32.0 Å². The van der Waals surface area contributed by atoms with Crippen LogP contribution in [0.3, 0.4) is 0 Å². The lowest BCUT2D eigenvalue weighted by molar-refractivity contribution is -0.125. The number of ether oxygens (including phenoxy) is 1. The third-order valence-electron chi connectivity index (χ3n) is 6.11. The number of carbonyl (C=O) groups is 3. The number of primary sulfonamides is 1. The first-order valence-corrected chi connectivity index (χ1v) is 11.7.